The molecule has 2 unspecified atom stereocenters. The molecule has 0 saturated heterocycles. The molecular formula is C14H19N3S. The normalized spacial score (nSPS) is 23.7. The van der Waals surface area contributed by atoms with Gasteiger partial charge in [-0.3, -0.25) is 0 Å². The van der Waals surface area contributed by atoms with Gasteiger partial charge >= 0.3 is 0 Å². The molecule has 1 aliphatic carbocycles. The van der Waals surface area contributed by atoms with Crippen LogP contribution in [0.5, 0.6) is 0 Å². The third-order valence-corrected chi connectivity index (χ3v) is 5.03. The molecule has 96 valence electrons. The minimum Gasteiger partial charge on any atom is -0.352 e. The Balaban J connectivity index is 1.88. The summed E-state index contributed by atoms with van der Waals surface area (Å²) in [5, 5.41) is 4.36. The van der Waals surface area contributed by atoms with E-state index < -0.39 is 0 Å². The molecular weight excluding hydrogens is 242 g/mol. The van der Waals surface area contributed by atoms with Gasteiger partial charge in [0, 0.05) is 18.3 Å². The number of fused-ring (bicyclic) bond motifs is 1. The van der Waals surface area contributed by atoms with Gasteiger partial charge in [0.1, 0.15) is 0 Å². The molecule has 1 heterocycles. The van der Waals surface area contributed by atoms with Crippen LogP contribution in [0.25, 0.3) is 11.0 Å². The first kappa shape index (κ1) is 11.9. The molecule has 1 aromatic heterocycles. The van der Waals surface area contributed by atoms with E-state index in [0.29, 0.717) is 6.04 Å². The third-order valence-electron chi connectivity index (χ3n) is 3.86. The zero-order chi connectivity index (χ0) is 12.5. The van der Waals surface area contributed by atoms with Gasteiger partial charge in [-0.15, -0.1) is 0 Å². The number of hydrogen-bond donors (Lipinski definition) is 1. The molecule has 0 aliphatic heterocycles. The maximum atomic E-state index is 4.69. The van der Waals surface area contributed by atoms with E-state index in [-0.39, 0.29) is 0 Å². The smallest absolute Gasteiger partial charge is 0.203 e. The highest BCUT2D eigenvalue weighted by Gasteiger charge is 2.27. The van der Waals surface area contributed by atoms with Crippen LogP contribution in [0, 0.1) is 0 Å². The molecule has 18 heavy (non-hydrogen) atoms. The second kappa shape index (κ2) is 4.84. The van der Waals surface area contributed by atoms with Gasteiger partial charge in [-0.25, -0.2) is 4.98 Å². The standard InChI is InChI=1S/C14H19N3S/c1-17-12-8-4-3-6-10(12)15-14(17)16-11-7-5-9-13(11)18-2/h3-4,6,8,11,13H,5,7,9H2,1-2H3,(H,15,16). The summed E-state index contributed by atoms with van der Waals surface area (Å²) in [6.45, 7) is 0. The summed E-state index contributed by atoms with van der Waals surface area (Å²) in [7, 11) is 2.08. The Morgan fingerprint density at radius 2 is 2.17 bits per heavy atom. The molecule has 3 nitrogen and oxygen atoms in total. The summed E-state index contributed by atoms with van der Waals surface area (Å²) in [5.74, 6) is 1.00. The summed E-state index contributed by atoms with van der Waals surface area (Å²) in [4.78, 5) is 4.69. The summed E-state index contributed by atoms with van der Waals surface area (Å²) in [6, 6.07) is 8.86. The van der Waals surface area contributed by atoms with Crippen molar-refractivity contribution in [3.63, 3.8) is 0 Å². The van der Waals surface area contributed by atoms with Gasteiger partial charge in [-0.2, -0.15) is 11.8 Å². The Kier molecular flexibility index (Phi) is 3.20. The summed E-state index contributed by atoms with van der Waals surface area (Å²) >= 11 is 1.97. The Morgan fingerprint density at radius 1 is 1.33 bits per heavy atom. The lowest BCUT2D eigenvalue weighted by Gasteiger charge is -2.19. The van der Waals surface area contributed by atoms with E-state index in [1.807, 2.05) is 17.8 Å². The van der Waals surface area contributed by atoms with Gasteiger partial charge in [0.25, 0.3) is 0 Å². The average Bonchev–Trinajstić information content (AvgIpc) is 2.96. The zero-order valence-corrected chi connectivity index (χ0v) is 11.7. The van der Waals surface area contributed by atoms with Crippen LogP contribution in [0.2, 0.25) is 0 Å². The minimum atomic E-state index is 0.565. The SMILES string of the molecule is CSC1CCCC1Nc1nc2ccccc2n1C. The van der Waals surface area contributed by atoms with Crippen molar-refractivity contribution in [2.24, 2.45) is 7.05 Å². The fraction of sp³-hybridized carbons (Fsp3) is 0.500. The number of nitrogens with zero attached hydrogens (tertiary/aromatic N) is 2. The maximum absolute atomic E-state index is 4.69. The number of aromatic nitrogens is 2. The van der Waals surface area contributed by atoms with Crippen LogP contribution in [0.3, 0.4) is 0 Å². The number of benzene rings is 1. The second-order valence-corrected chi connectivity index (χ2v) is 6.02. The molecule has 2 aromatic rings. The van der Waals surface area contributed by atoms with Gasteiger partial charge in [-0.05, 0) is 31.2 Å². The first-order chi connectivity index (χ1) is 8.79. The van der Waals surface area contributed by atoms with E-state index in [9.17, 15) is 0 Å². The summed E-state index contributed by atoms with van der Waals surface area (Å²) in [6.07, 6.45) is 6.12. The molecule has 3 rings (SSSR count). The molecule has 1 fully saturated rings. The largest absolute Gasteiger partial charge is 0.352 e. The van der Waals surface area contributed by atoms with Crippen molar-refractivity contribution in [3.05, 3.63) is 24.3 Å². The van der Waals surface area contributed by atoms with E-state index in [1.165, 1.54) is 24.8 Å². The van der Waals surface area contributed by atoms with Gasteiger partial charge in [-0.1, -0.05) is 18.6 Å². The summed E-state index contributed by atoms with van der Waals surface area (Å²) in [5.41, 5.74) is 2.26. The highest BCUT2D eigenvalue weighted by Crippen LogP contribution is 2.31. The number of hydrogen-bond acceptors (Lipinski definition) is 3. The number of para-hydroxylation sites is 2. The molecule has 1 aromatic carbocycles. The lowest BCUT2D eigenvalue weighted by atomic mass is 10.2. The van der Waals surface area contributed by atoms with Crippen LogP contribution in [0.1, 0.15) is 19.3 Å². The van der Waals surface area contributed by atoms with Crippen molar-refractivity contribution in [1.82, 2.24) is 9.55 Å². The lowest BCUT2D eigenvalue weighted by molar-refractivity contribution is 0.746. The molecule has 1 N–H and O–H groups in total. The van der Waals surface area contributed by atoms with E-state index in [4.69, 9.17) is 0 Å². The Hall–Kier alpha value is -1.16. The van der Waals surface area contributed by atoms with E-state index in [2.05, 4.69) is 46.4 Å². The molecule has 0 spiro atoms. The quantitative estimate of drug-likeness (QED) is 0.919. The van der Waals surface area contributed by atoms with Crippen molar-refractivity contribution in [2.45, 2.75) is 30.6 Å². The van der Waals surface area contributed by atoms with Gasteiger partial charge in [0.05, 0.1) is 11.0 Å². The minimum absolute atomic E-state index is 0.565. The molecule has 0 amide bonds. The molecule has 0 radical (unpaired) electrons. The Labute approximate surface area is 112 Å². The fourth-order valence-electron chi connectivity index (χ4n) is 2.81. The number of nitrogens with one attached hydrogen (secondary N) is 1. The first-order valence-corrected chi connectivity index (χ1v) is 7.79. The van der Waals surface area contributed by atoms with Crippen LogP contribution >= 0.6 is 11.8 Å². The fourth-order valence-corrected chi connectivity index (χ4v) is 3.75. The van der Waals surface area contributed by atoms with E-state index in [1.54, 1.807) is 0 Å². The van der Waals surface area contributed by atoms with E-state index in [0.717, 1.165) is 16.7 Å². The number of imidazole rings is 1. The molecule has 4 heteroatoms. The highest BCUT2D eigenvalue weighted by atomic mass is 32.2. The number of rotatable bonds is 3. The molecule has 1 saturated carbocycles. The lowest BCUT2D eigenvalue weighted by Crippen LogP contribution is -2.27. The molecule has 0 bridgehead atoms. The maximum Gasteiger partial charge on any atom is 0.203 e. The highest BCUT2D eigenvalue weighted by molar-refractivity contribution is 7.99. The van der Waals surface area contributed by atoms with Crippen molar-refractivity contribution in [2.75, 3.05) is 11.6 Å². The number of thioether (sulfide) groups is 1. The van der Waals surface area contributed by atoms with Crippen molar-refractivity contribution in [3.8, 4) is 0 Å². The first-order valence-electron chi connectivity index (χ1n) is 6.50. The number of aryl methyl sites for hydroxylation is 1. The van der Waals surface area contributed by atoms with Crippen LogP contribution in [0.4, 0.5) is 5.95 Å². The van der Waals surface area contributed by atoms with Crippen LogP contribution in [-0.2, 0) is 7.05 Å². The van der Waals surface area contributed by atoms with Crippen LogP contribution in [-0.4, -0.2) is 27.1 Å². The topological polar surface area (TPSA) is 29.9 Å². The van der Waals surface area contributed by atoms with Gasteiger partial charge in [0.2, 0.25) is 5.95 Å². The van der Waals surface area contributed by atoms with Crippen molar-refractivity contribution < 1.29 is 0 Å². The average molecular weight is 261 g/mol. The predicted molar refractivity (Wildman–Crippen MR) is 79.3 cm³/mol. The van der Waals surface area contributed by atoms with Gasteiger partial charge < -0.3 is 9.88 Å². The summed E-state index contributed by atoms with van der Waals surface area (Å²) < 4.78 is 2.16. The predicted octanol–water partition coefficient (Wildman–Crippen LogP) is 3.27. The third kappa shape index (κ3) is 1.99. The van der Waals surface area contributed by atoms with Crippen molar-refractivity contribution in [1.29, 1.82) is 0 Å². The molecule has 2 atom stereocenters. The Bertz CT molecular complexity index is 549. The monoisotopic (exact) mass is 261 g/mol. The zero-order valence-electron chi connectivity index (χ0n) is 10.9. The number of anilines is 1. The van der Waals surface area contributed by atoms with Crippen LogP contribution in [0.15, 0.2) is 24.3 Å². The Morgan fingerprint density at radius 3 is 2.94 bits per heavy atom. The van der Waals surface area contributed by atoms with Gasteiger partial charge in [0.15, 0.2) is 0 Å². The van der Waals surface area contributed by atoms with E-state index >= 15 is 0 Å². The molecule has 1 aliphatic rings. The second-order valence-electron chi connectivity index (χ2n) is 4.94. The van der Waals surface area contributed by atoms with Crippen LogP contribution < -0.4 is 5.32 Å². The van der Waals surface area contributed by atoms with Crippen molar-refractivity contribution >= 4 is 28.7 Å².